The first kappa shape index (κ1) is 12.9. The summed E-state index contributed by atoms with van der Waals surface area (Å²) in [5.41, 5.74) is 6.09. The van der Waals surface area contributed by atoms with Gasteiger partial charge in [-0.25, -0.2) is 9.18 Å². The number of hydrogen-bond donors (Lipinski definition) is 1. The fraction of sp³-hybridized carbons (Fsp3) is 0.0833. The van der Waals surface area contributed by atoms with Gasteiger partial charge in [-0.1, -0.05) is 17.7 Å². The van der Waals surface area contributed by atoms with Crippen LogP contribution in [0.4, 0.5) is 10.1 Å². The second kappa shape index (κ2) is 5.37. The third kappa shape index (κ3) is 2.63. The summed E-state index contributed by atoms with van der Waals surface area (Å²) in [6.07, 6.45) is 0. The summed E-state index contributed by atoms with van der Waals surface area (Å²) in [6.45, 7) is -0.221. The van der Waals surface area contributed by atoms with Crippen LogP contribution < -0.4 is 5.73 Å². The zero-order chi connectivity index (χ0) is 13.1. The smallest absolute Gasteiger partial charge is 0.350 e. The molecule has 0 amide bonds. The normalized spacial score (nSPS) is 10.3. The lowest BCUT2D eigenvalue weighted by atomic mass is 10.2. The summed E-state index contributed by atoms with van der Waals surface area (Å²) in [5.74, 6) is -1.09. The van der Waals surface area contributed by atoms with Crippen LogP contribution >= 0.6 is 22.9 Å². The highest BCUT2D eigenvalue weighted by molar-refractivity contribution is 7.12. The molecular formula is C12H9ClFNO2S. The van der Waals surface area contributed by atoms with Crippen LogP contribution in [0, 0.1) is 5.82 Å². The molecule has 0 saturated carbocycles. The van der Waals surface area contributed by atoms with Crippen molar-refractivity contribution in [1.29, 1.82) is 0 Å². The third-order valence-corrected chi connectivity index (χ3v) is 3.55. The molecule has 2 rings (SSSR count). The fourth-order valence-corrected chi connectivity index (χ4v) is 2.29. The number of ether oxygens (including phenoxy) is 1. The first-order valence-electron chi connectivity index (χ1n) is 5.02. The topological polar surface area (TPSA) is 52.3 Å². The molecule has 0 radical (unpaired) electrons. The lowest BCUT2D eigenvalue weighted by Gasteiger charge is -2.07. The van der Waals surface area contributed by atoms with Crippen molar-refractivity contribution in [2.75, 3.05) is 5.73 Å². The van der Waals surface area contributed by atoms with Crippen LogP contribution in [0.5, 0.6) is 0 Å². The molecule has 3 nitrogen and oxygen atoms in total. The number of carbonyl (C=O) groups is 1. The average molecular weight is 286 g/mol. The SMILES string of the molecule is Nc1ccsc1C(=O)OCc1c(F)cccc1Cl. The van der Waals surface area contributed by atoms with E-state index in [-0.39, 0.29) is 17.2 Å². The van der Waals surface area contributed by atoms with Crippen LogP contribution in [0.3, 0.4) is 0 Å². The average Bonchev–Trinajstić information content (AvgIpc) is 2.74. The van der Waals surface area contributed by atoms with Crippen LogP contribution in [-0.2, 0) is 11.3 Å². The Balaban J connectivity index is 2.09. The lowest BCUT2D eigenvalue weighted by Crippen LogP contribution is -2.06. The van der Waals surface area contributed by atoms with Crippen molar-refractivity contribution in [2.45, 2.75) is 6.61 Å². The summed E-state index contributed by atoms with van der Waals surface area (Å²) >= 11 is 6.99. The van der Waals surface area contributed by atoms with E-state index in [1.54, 1.807) is 11.4 Å². The maximum Gasteiger partial charge on any atom is 0.350 e. The molecule has 0 bridgehead atoms. The van der Waals surface area contributed by atoms with Gasteiger partial charge < -0.3 is 10.5 Å². The second-order valence-electron chi connectivity index (χ2n) is 3.48. The Kier molecular flexibility index (Phi) is 3.84. The van der Waals surface area contributed by atoms with Crippen molar-refractivity contribution in [2.24, 2.45) is 0 Å². The van der Waals surface area contributed by atoms with E-state index in [1.165, 1.54) is 29.5 Å². The van der Waals surface area contributed by atoms with E-state index < -0.39 is 11.8 Å². The molecule has 2 aromatic rings. The van der Waals surface area contributed by atoms with Crippen molar-refractivity contribution in [3.8, 4) is 0 Å². The molecule has 0 spiro atoms. The van der Waals surface area contributed by atoms with E-state index >= 15 is 0 Å². The number of nitrogens with two attached hydrogens (primary N) is 1. The summed E-state index contributed by atoms with van der Waals surface area (Å²) in [7, 11) is 0. The molecule has 1 aromatic heterocycles. The third-order valence-electron chi connectivity index (χ3n) is 2.29. The first-order valence-corrected chi connectivity index (χ1v) is 6.28. The van der Waals surface area contributed by atoms with Crippen molar-refractivity contribution >= 4 is 34.6 Å². The number of nitrogen functional groups attached to an aromatic ring is 1. The number of esters is 1. The number of halogens is 2. The lowest BCUT2D eigenvalue weighted by molar-refractivity contribution is 0.0476. The number of hydrogen-bond acceptors (Lipinski definition) is 4. The van der Waals surface area contributed by atoms with Gasteiger partial charge in [0.15, 0.2) is 0 Å². The molecule has 0 aliphatic rings. The first-order chi connectivity index (χ1) is 8.59. The van der Waals surface area contributed by atoms with Gasteiger partial charge in [0, 0.05) is 5.56 Å². The highest BCUT2D eigenvalue weighted by Crippen LogP contribution is 2.23. The van der Waals surface area contributed by atoms with Gasteiger partial charge >= 0.3 is 5.97 Å². The van der Waals surface area contributed by atoms with Crippen molar-refractivity contribution in [1.82, 2.24) is 0 Å². The molecule has 6 heteroatoms. The minimum atomic E-state index is -0.582. The van der Waals surface area contributed by atoms with Crippen molar-refractivity contribution < 1.29 is 13.9 Å². The molecule has 0 aliphatic heterocycles. The molecule has 1 heterocycles. The quantitative estimate of drug-likeness (QED) is 0.879. The molecule has 0 aliphatic carbocycles. The Morgan fingerprint density at radius 3 is 2.83 bits per heavy atom. The highest BCUT2D eigenvalue weighted by atomic mass is 35.5. The molecule has 0 saturated heterocycles. The molecular weight excluding hydrogens is 277 g/mol. The predicted octanol–water partition coefficient (Wildman–Crippen LogP) is 3.48. The minimum Gasteiger partial charge on any atom is -0.456 e. The van der Waals surface area contributed by atoms with E-state index in [1.807, 2.05) is 0 Å². The zero-order valence-electron chi connectivity index (χ0n) is 9.15. The zero-order valence-corrected chi connectivity index (χ0v) is 10.7. The van der Waals surface area contributed by atoms with Gasteiger partial charge in [-0.05, 0) is 23.6 Å². The molecule has 2 N–H and O–H groups in total. The number of anilines is 1. The molecule has 1 aromatic carbocycles. The van der Waals surface area contributed by atoms with E-state index in [4.69, 9.17) is 22.1 Å². The maximum atomic E-state index is 13.4. The summed E-state index contributed by atoms with van der Waals surface area (Å²) in [4.78, 5) is 12.0. The van der Waals surface area contributed by atoms with E-state index in [0.29, 0.717) is 10.6 Å². The molecule has 0 unspecified atom stereocenters. The largest absolute Gasteiger partial charge is 0.456 e. The van der Waals surface area contributed by atoms with E-state index in [2.05, 4.69) is 0 Å². The Hall–Kier alpha value is -1.59. The van der Waals surface area contributed by atoms with Gasteiger partial charge in [-0.15, -0.1) is 11.3 Å². The minimum absolute atomic E-state index is 0.155. The molecule has 18 heavy (non-hydrogen) atoms. The standard InChI is InChI=1S/C12H9ClFNO2S/c13-8-2-1-3-9(14)7(8)6-17-12(16)11-10(15)4-5-18-11/h1-5H,6,15H2. The summed E-state index contributed by atoms with van der Waals surface area (Å²) < 4.78 is 18.4. The van der Waals surface area contributed by atoms with Crippen molar-refractivity contribution in [3.63, 3.8) is 0 Å². The second-order valence-corrected chi connectivity index (χ2v) is 4.80. The van der Waals surface area contributed by atoms with Crippen LogP contribution in [0.2, 0.25) is 5.02 Å². The number of thiophene rings is 1. The molecule has 0 atom stereocenters. The van der Waals surface area contributed by atoms with Gasteiger partial charge in [-0.3, -0.25) is 0 Å². The van der Waals surface area contributed by atoms with Gasteiger partial charge in [-0.2, -0.15) is 0 Å². The Morgan fingerprint density at radius 2 is 2.22 bits per heavy atom. The van der Waals surface area contributed by atoms with Crippen LogP contribution in [0.15, 0.2) is 29.6 Å². The van der Waals surface area contributed by atoms with Crippen molar-refractivity contribution in [3.05, 3.63) is 50.9 Å². The Bertz CT molecular complexity index is 565. The van der Waals surface area contributed by atoms with Gasteiger partial charge in [0.25, 0.3) is 0 Å². The van der Waals surface area contributed by atoms with Gasteiger partial charge in [0.1, 0.15) is 17.3 Å². The summed E-state index contributed by atoms with van der Waals surface area (Å²) in [5, 5.41) is 1.91. The fourth-order valence-electron chi connectivity index (χ4n) is 1.36. The van der Waals surface area contributed by atoms with Crippen LogP contribution in [0.25, 0.3) is 0 Å². The number of rotatable bonds is 3. The van der Waals surface area contributed by atoms with Gasteiger partial charge in [0.05, 0.1) is 10.7 Å². The van der Waals surface area contributed by atoms with E-state index in [9.17, 15) is 9.18 Å². The molecule has 94 valence electrons. The van der Waals surface area contributed by atoms with Crippen LogP contribution in [0.1, 0.15) is 15.2 Å². The summed E-state index contributed by atoms with van der Waals surface area (Å²) in [6, 6.07) is 5.89. The van der Waals surface area contributed by atoms with Crippen LogP contribution in [-0.4, -0.2) is 5.97 Å². The predicted molar refractivity (Wildman–Crippen MR) is 69.3 cm³/mol. The van der Waals surface area contributed by atoms with E-state index in [0.717, 1.165) is 0 Å². The monoisotopic (exact) mass is 285 g/mol. The highest BCUT2D eigenvalue weighted by Gasteiger charge is 2.15. The Labute approximate surface area is 112 Å². The number of carbonyl (C=O) groups excluding carboxylic acids is 1. The van der Waals surface area contributed by atoms with Gasteiger partial charge in [0.2, 0.25) is 0 Å². The maximum absolute atomic E-state index is 13.4. The number of benzene rings is 1. The molecule has 0 fully saturated rings. The Morgan fingerprint density at radius 1 is 1.44 bits per heavy atom.